The molecule has 3 N–H and O–H groups in total. The Labute approximate surface area is 146 Å². The van der Waals surface area contributed by atoms with Gasteiger partial charge in [0.15, 0.2) is 0 Å². The molecule has 0 fully saturated rings. The highest BCUT2D eigenvalue weighted by molar-refractivity contribution is 5.95. The molecule has 0 bridgehead atoms. The fourth-order valence-corrected chi connectivity index (χ4v) is 2.81. The molecule has 2 rings (SSSR count). The number of halogens is 3. The lowest BCUT2D eigenvalue weighted by molar-refractivity contribution is -0.137. The van der Waals surface area contributed by atoms with E-state index in [0.717, 1.165) is 43.6 Å². The largest absolute Gasteiger partial charge is 0.416 e. The number of hydrogen-bond acceptors (Lipinski definition) is 4. The molecule has 1 aliphatic heterocycles. The smallest absolute Gasteiger partial charge is 0.330 e. The summed E-state index contributed by atoms with van der Waals surface area (Å²) < 4.78 is 38.7. The summed E-state index contributed by atoms with van der Waals surface area (Å²) in [5.74, 6) is 0.452. The van der Waals surface area contributed by atoms with Crippen molar-refractivity contribution in [2.24, 2.45) is 4.99 Å². The molecule has 138 valence electrons. The van der Waals surface area contributed by atoms with Crippen molar-refractivity contribution in [2.75, 3.05) is 11.9 Å². The van der Waals surface area contributed by atoms with Crippen molar-refractivity contribution in [3.05, 3.63) is 41.6 Å². The molecule has 25 heavy (non-hydrogen) atoms. The van der Waals surface area contributed by atoms with E-state index >= 15 is 0 Å². The first-order valence-corrected chi connectivity index (χ1v) is 8.59. The van der Waals surface area contributed by atoms with Crippen LogP contribution in [0.1, 0.15) is 45.6 Å². The molecule has 0 spiro atoms. The SMILES string of the molecule is CCCC1=CC(CC)(NCC)N=C(Nc2cccc(C(F)(F)F)c2)N1. The number of benzene rings is 1. The molecule has 0 saturated carbocycles. The zero-order valence-electron chi connectivity index (χ0n) is 14.8. The Morgan fingerprint density at radius 3 is 2.56 bits per heavy atom. The monoisotopic (exact) mass is 354 g/mol. The number of guanidine groups is 1. The van der Waals surface area contributed by atoms with Crippen LogP contribution in [-0.4, -0.2) is 18.2 Å². The van der Waals surface area contributed by atoms with Crippen molar-refractivity contribution < 1.29 is 13.2 Å². The summed E-state index contributed by atoms with van der Waals surface area (Å²) in [7, 11) is 0. The van der Waals surface area contributed by atoms with Crippen LogP contribution in [0.5, 0.6) is 0 Å². The summed E-state index contributed by atoms with van der Waals surface area (Å²) in [6.45, 7) is 6.85. The predicted octanol–water partition coefficient (Wildman–Crippen LogP) is 4.48. The first kappa shape index (κ1) is 19.3. The number of hydrogen-bond donors (Lipinski definition) is 3. The maximum atomic E-state index is 12.9. The summed E-state index contributed by atoms with van der Waals surface area (Å²) in [6, 6.07) is 5.12. The third-order valence-corrected chi connectivity index (χ3v) is 4.00. The van der Waals surface area contributed by atoms with Gasteiger partial charge in [-0.15, -0.1) is 0 Å². The molecule has 1 unspecified atom stereocenters. The molecule has 0 aliphatic carbocycles. The van der Waals surface area contributed by atoms with Crippen molar-refractivity contribution >= 4 is 11.6 Å². The van der Waals surface area contributed by atoms with E-state index in [-0.39, 0.29) is 0 Å². The zero-order valence-corrected chi connectivity index (χ0v) is 14.8. The molecule has 0 amide bonds. The van der Waals surface area contributed by atoms with Crippen LogP contribution in [0.3, 0.4) is 0 Å². The number of allylic oxidation sites excluding steroid dienone is 1. The molecule has 0 saturated heterocycles. The van der Waals surface area contributed by atoms with Gasteiger partial charge in [0, 0.05) is 11.4 Å². The van der Waals surface area contributed by atoms with Gasteiger partial charge in [-0.3, -0.25) is 5.32 Å². The van der Waals surface area contributed by atoms with Crippen LogP contribution >= 0.6 is 0 Å². The number of anilines is 1. The number of nitrogens with zero attached hydrogens (tertiary/aromatic N) is 1. The number of alkyl halides is 3. The lowest BCUT2D eigenvalue weighted by Gasteiger charge is -2.33. The Kier molecular flexibility index (Phi) is 6.11. The van der Waals surface area contributed by atoms with E-state index in [1.165, 1.54) is 6.07 Å². The molecule has 0 radical (unpaired) electrons. The molecule has 0 aromatic heterocycles. The van der Waals surface area contributed by atoms with E-state index in [0.29, 0.717) is 11.6 Å². The summed E-state index contributed by atoms with van der Waals surface area (Å²) in [5, 5.41) is 9.54. The van der Waals surface area contributed by atoms with Gasteiger partial charge >= 0.3 is 6.18 Å². The lowest BCUT2D eigenvalue weighted by atomic mass is 10.0. The molecule has 1 aliphatic rings. The summed E-state index contributed by atoms with van der Waals surface area (Å²) in [6.07, 6.45) is 0.239. The second-order valence-corrected chi connectivity index (χ2v) is 6.02. The third kappa shape index (κ3) is 4.98. The Morgan fingerprint density at radius 2 is 1.96 bits per heavy atom. The van der Waals surface area contributed by atoms with Crippen LogP contribution in [0.15, 0.2) is 41.0 Å². The van der Waals surface area contributed by atoms with Crippen LogP contribution in [0.25, 0.3) is 0 Å². The number of nitrogens with one attached hydrogen (secondary N) is 3. The van der Waals surface area contributed by atoms with Gasteiger partial charge in [-0.25, -0.2) is 4.99 Å². The van der Waals surface area contributed by atoms with Crippen LogP contribution in [0.2, 0.25) is 0 Å². The predicted molar refractivity (Wildman–Crippen MR) is 95.3 cm³/mol. The highest BCUT2D eigenvalue weighted by atomic mass is 19.4. The molecular weight excluding hydrogens is 329 g/mol. The van der Waals surface area contributed by atoms with Gasteiger partial charge in [0.25, 0.3) is 0 Å². The lowest BCUT2D eigenvalue weighted by Crippen LogP contribution is -2.48. The zero-order chi connectivity index (χ0) is 18.5. The average molecular weight is 354 g/mol. The van der Waals surface area contributed by atoms with Gasteiger partial charge in [-0.05, 0) is 43.7 Å². The van der Waals surface area contributed by atoms with Crippen molar-refractivity contribution in [3.8, 4) is 0 Å². The van der Waals surface area contributed by atoms with Crippen LogP contribution in [0, 0.1) is 0 Å². The first-order chi connectivity index (χ1) is 11.8. The fraction of sp³-hybridized carbons (Fsp3) is 0.500. The normalized spacial score (nSPS) is 20.6. The minimum absolute atomic E-state index is 0.348. The van der Waals surface area contributed by atoms with Gasteiger partial charge in [0.05, 0.1) is 5.56 Å². The minimum atomic E-state index is -4.37. The van der Waals surface area contributed by atoms with Crippen molar-refractivity contribution in [3.63, 3.8) is 0 Å². The average Bonchev–Trinajstić information content (AvgIpc) is 2.55. The van der Waals surface area contributed by atoms with Crippen LogP contribution in [-0.2, 0) is 6.18 Å². The van der Waals surface area contributed by atoms with E-state index in [1.807, 2.05) is 13.8 Å². The Morgan fingerprint density at radius 1 is 1.20 bits per heavy atom. The second kappa shape index (κ2) is 7.91. The molecule has 1 aromatic carbocycles. The molecule has 1 atom stereocenters. The molecular formula is C18H25F3N4. The van der Waals surface area contributed by atoms with Gasteiger partial charge in [-0.1, -0.05) is 33.3 Å². The first-order valence-electron chi connectivity index (χ1n) is 8.59. The summed E-state index contributed by atoms with van der Waals surface area (Å²) in [4.78, 5) is 4.67. The highest BCUT2D eigenvalue weighted by Gasteiger charge is 2.31. The molecule has 7 heteroatoms. The highest BCUT2D eigenvalue weighted by Crippen LogP contribution is 2.31. The molecule has 4 nitrogen and oxygen atoms in total. The van der Waals surface area contributed by atoms with Crippen LogP contribution in [0.4, 0.5) is 18.9 Å². The summed E-state index contributed by atoms with van der Waals surface area (Å²) >= 11 is 0. The Hall–Kier alpha value is -2.02. The van der Waals surface area contributed by atoms with E-state index in [4.69, 9.17) is 0 Å². The number of rotatable bonds is 6. The van der Waals surface area contributed by atoms with E-state index in [2.05, 4.69) is 33.9 Å². The third-order valence-electron chi connectivity index (χ3n) is 4.00. The topological polar surface area (TPSA) is 48.5 Å². The van der Waals surface area contributed by atoms with Crippen molar-refractivity contribution in [2.45, 2.75) is 51.9 Å². The standard InChI is InChI=1S/C18H25F3N4/c1-4-8-15-12-17(5-2,22-6-3)25-16(24-15)23-14-10-7-9-13(11-14)18(19,20)21/h7,9-12,22H,4-6,8H2,1-3H3,(H2,23,24,25). The molecule has 1 heterocycles. The Bertz CT molecular complexity index is 652. The number of likely N-dealkylation sites (N-methyl/N-ethyl adjacent to an activating group) is 1. The Balaban J connectivity index is 2.28. The van der Waals surface area contributed by atoms with E-state index < -0.39 is 17.4 Å². The molecule has 1 aromatic rings. The fourth-order valence-electron chi connectivity index (χ4n) is 2.81. The van der Waals surface area contributed by atoms with Crippen molar-refractivity contribution in [1.29, 1.82) is 0 Å². The minimum Gasteiger partial charge on any atom is -0.330 e. The maximum absolute atomic E-state index is 12.9. The van der Waals surface area contributed by atoms with Crippen molar-refractivity contribution in [1.82, 2.24) is 10.6 Å². The second-order valence-electron chi connectivity index (χ2n) is 6.02. The number of aliphatic imine (C=N–C) groups is 1. The van der Waals surface area contributed by atoms with E-state index in [1.54, 1.807) is 6.07 Å². The van der Waals surface area contributed by atoms with Gasteiger partial charge in [0.1, 0.15) is 5.66 Å². The quantitative estimate of drug-likeness (QED) is 0.706. The maximum Gasteiger partial charge on any atom is 0.416 e. The van der Waals surface area contributed by atoms with Gasteiger partial charge in [0.2, 0.25) is 5.96 Å². The summed E-state index contributed by atoms with van der Waals surface area (Å²) in [5.41, 5.74) is 0.121. The van der Waals surface area contributed by atoms with Gasteiger partial charge < -0.3 is 10.6 Å². The van der Waals surface area contributed by atoms with E-state index in [9.17, 15) is 13.2 Å². The van der Waals surface area contributed by atoms with Crippen LogP contribution < -0.4 is 16.0 Å². The van der Waals surface area contributed by atoms with Gasteiger partial charge in [-0.2, -0.15) is 13.2 Å².